The van der Waals surface area contributed by atoms with Crippen LogP contribution >= 0.6 is 11.3 Å². The highest BCUT2D eigenvalue weighted by Crippen LogP contribution is 2.41. The number of nitrogens with one attached hydrogen (secondary N) is 1. The Bertz CT molecular complexity index is 611. The van der Waals surface area contributed by atoms with E-state index in [0.717, 1.165) is 11.6 Å². The molecule has 0 aliphatic heterocycles. The van der Waals surface area contributed by atoms with Gasteiger partial charge in [0.15, 0.2) is 0 Å². The van der Waals surface area contributed by atoms with Crippen LogP contribution in [-0.2, 0) is 0 Å². The predicted octanol–water partition coefficient (Wildman–Crippen LogP) is 4.17. The Morgan fingerprint density at radius 1 is 1.25 bits per heavy atom. The molecule has 0 bridgehead atoms. The smallest absolute Gasteiger partial charge is 0.114 e. The fourth-order valence-electron chi connectivity index (χ4n) is 2.71. The highest BCUT2D eigenvalue weighted by molar-refractivity contribution is 7.09. The van der Waals surface area contributed by atoms with Crippen LogP contribution in [0, 0.1) is 6.92 Å². The number of aromatic nitrogens is 1. The Balaban J connectivity index is 1.67. The number of aryl methyl sites for hydroxylation is 1. The molecule has 2 fully saturated rings. The molecule has 104 valence electrons. The summed E-state index contributed by atoms with van der Waals surface area (Å²) < 4.78 is 0. The SMILES string of the molecule is Cc1csc(C(NC2CC2)c2cccc(C3CC3)c2)n1. The lowest BCUT2D eigenvalue weighted by Gasteiger charge is -2.17. The summed E-state index contributed by atoms with van der Waals surface area (Å²) in [5.74, 6) is 0.814. The molecule has 0 radical (unpaired) electrons. The molecular weight excluding hydrogens is 264 g/mol. The third kappa shape index (κ3) is 2.65. The number of thiazole rings is 1. The van der Waals surface area contributed by atoms with Crippen LogP contribution < -0.4 is 5.32 Å². The molecule has 1 heterocycles. The summed E-state index contributed by atoms with van der Waals surface area (Å²) in [5.41, 5.74) is 4.03. The van der Waals surface area contributed by atoms with Crippen molar-refractivity contribution in [3.8, 4) is 0 Å². The van der Waals surface area contributed by atoms with E-state index in [9.17, 15) is 0 Å². The molecule has 3 heteroatoms. The maximum absolute atomic E-state index is 4.71. The van der Waals surface area contributed by atoms with Gasteiger partial charge >= 0.3 is 0 Å². The lowest BCUT2D eigenvalue weighted by Crippen LogP contribution is -2.24. The molecule has 1 unspecified atom stereocenters. The van der Waals surface area contributed by atoms with Crippen molar-refractivity contribution >= 4 is 11.3 Å². The zero-order chi connectivity index (χ0) is 13.5. The van der Waals surface area contributed by atoms with Crippen molar-refractivity contribution in [1.29, 1.82) is 0 Å². The molecule has 4 rings (SSSR count). The van der Waals surface area contributed by atoms with Gasteiger partial charge in [0.1, 0.15) is 5.01 Å². The minimum absolute atomic E-state index is 0.278. The van der Waals surface area contributed by atoms with Crippen LogP contribution in [0.5, 0.6) is 0 Å². The summed E-state index contributed by atoms with van der Waals surface area (Å²) in [6.45, 7) is 2.08. The quantitative estimate of drug-likeness (QED) is 0.891. The Hall–Kier alpha value is -1.19. The molecule has 20 heavy (non-hydrogen) atoms. The molecule has 1 atom stereocenters. The third-order valence-electron chi connectivity index (χ3n) is 4.16. The first-order valence-electron chi connectivity index (χ1n) is 7.57. The van der Waals surface area contributed by atoms with E-state index in [-0.39, 0.29) is 6.04 Å². The van der Waals surface area contributed by atoms with Gasteiger partial charge in [0.2, 0.25) is 0 Å². The lowest BCUT2D eigenvalue weighted by atomic mass is 10.0. The summed E-state index contributed by atoms with van der Waals surface area (Å²) >= 11 is 1.78. The first kappa shape index (κ1) is 12.5. The average molecular weight is 284 g/mol. The largest absolute Gasteiger partial charge is 0.301 e. The molecule has 1 aromatic carbocycles. The Kier molecular flexibility index (Phi) is 3.12. The van der Waals surface area contributed by atoms with Gasteiger partial charge in [0.05, 0.1) is 6.04 Å². The number of hydrogen-bond acceptors (Lipinski definition) is 3. The minimum atomic E-state index is 0.278. The Morgan fingerprint density at radius 2 is 2.10 bits per heavy atom. The monoisotopic (exact) mass is 284 g/mol. The van der Waals surface area contributed by atoms with Crippen molar-refractivity contribution in [2.24, 2.45) is 0 Å². The maximum Gasteiger partial charge on any atom is 0.114 e. The summed E-state index contributed by atoms with van der Waals surface area (Å²) in [7, 11) is 0. The number of benzene rings is 1. The van der Waals surface area contributed by atoms with Crippen molar-refractivity contribution in [3.63, 3.8) is 0 Å². The van der Waals surface area contributed by atoms with Crippen molar-refractivity contribution in [2.45, 2.75) is 50.6 Å². The van der Waals surface area contributed by atoms with Crippen molar-refractivity contribution in [2.75, 3.05) is 0 Å². The molecule has 2 saturated carbocycles. The van der Waals surface area contributed by atoms with Crippen LogP contribution in [0.2, 0.25) is 0 Å². The highest BCUT2D eigenvalue weighted by atomic mass is 32.1. The van der Waals surface area contributed by atoms with Gasteiger partial charge < -0.3 is 5.32 Å². The van der Waals surface area contributed by atoms with E-state index in [1.165, 1.54) is 41.8 Å². The fourth-order valence-corrected chi connectivity index (χ4v) is 3.59. The molecule has 2 nitrogen and oxygen atoms in total. The summed E-state index contributed by atoms with van der Waals surface area (Å²) in [5, 5.41) is 7.14. The van der Waals surface area contributed by atoms with Gasteiger partial charge in [-0.1, -0.05) is 24.3 Å². The zero-order valence-electron chi connectivity index (χ0n) is 11.8. The zero-order valence-corrected chi connectivity index (χ0v) is 12.6. The van der Waals surface area contributed by atoms with E-state index in [0.29, 0.717) is 6.04 Å². The van der Waals surface area contributed by atoms with Gasteiger partial charge in [-0.05, 0) is 49.7 Å². The van der Waals surface area contributed by atoms with E-state index in [4.69, 9.17) is 4.98 Å². The fraction of sp³-hybridized carbons (Fsp3) is 0.471. The molecule has 2 aliphatic carbocycles. The molecule has 0 amide bonds. The number of rotatable bonds is 5. The summed E-state index contributed by atoms with van der Waals surface area (Å²) in [6, 6.07) is 10.1. The molecule has 2 aromatic rings. The van der Waals surface area contributed by atoms with Gasteiger partial charge in [-0.15, -0.1) is 11.3 Å². The van der Waals surface area contributed by atoms with Crippen molar-refractivity contribution in [3.05, 3.63) is 51.5 Å². The first-order chi connectivity index (χ1) is 9.79. The molecule has 1 N–H and O–H groups in total. The number of hydrogen-bond donors (Lipinski definition) is 1. The highest BCUT2D eigenvalue weighted by Gasteiger charge is 2.29. The van der Waals surface area contributed by atoms with Gasteiger partial charge in [-0.25, -0.2) is 4.98 Å². The van der Waals surface area contributed by atoms with E-state index >= 15 is 0 Å². The van der Waals surface area contributed by atoms with Crippen LogP contribution in [0.4, 0.5) is 0 Å². The van der Waals surface area contributed by atoms with Gasteiger partial charge in [0.25, 0.3) is 0 Å². The Labute approximate surface area is 124 Å². The first-order valence-corrected chi connectivity index (χ1v) is 8.45. The van der Waals surface area contributed by atoms with Crippen molar-refractivity contribution in [1.82, 2.24) is 10.3 Å². The van der Waals surface area contributed by atoms with Crippen LogP contribution in [0.15, 0.2) is 29.6 Å². The summed E-state index contributed by atoms with van der Waals surface area (Å²) in [4.78, 5) is 4.71. The van der Waals surface area contributed by atoms with Gasteiger partial charge in [0, 0.05) is 17.1 Å². The van der Waals surface area contributed by atoms with Crippen LogP contribution in [0.1, 0.15) is 59.5 Å². The van der Waals surface area contributed by atoms with E-state index in [1.807, 2.05) is 0 Å². The molecule has 1 aromatic heterocycles. The van der Waals surface area contributed by atoms with Crippen molar-refractivity contribution < 1.29 is 0 Å². The normalized spacial score (nSPS) is 20.1. The topological polar surface area (TPSA) is 24.9 Å². The van der Waals surface area contributed by atoms with E-state index in [2.05, 4.69) is 41.9 Å². The molecule has 0 saturated heterocycles. The lowest BCUT2D eigenvalue weighted by molar-refractivity contribution is 0.597. The van der Waals surface area contributed by atoms with Gasteiger partial charge in [-0.3, -0.25) is 0 Å². The maximum atomic E-state index is 4.71. The van der Waals surface area contributed by atoms with Crippen LogP contribution in [0.25, 0.3) is 0 Å². The number of nitrogens with zero attached hydrogens (tertiary/aromatic N) is 1. The molecule has 2 aliphatic rings. The third-order valence-corrected chi connectivity index (χ3v) is 5.18. The second-order valence-electron chi connectivity index (χ2n) is 6.15. The average Bonchev–Trinajstić information content (AvgIpc) is 3.36. The van der Waals surface area contributed by atoms with E-state index in [1.54, 1.807) is 11.3 Å². The van der Waals surface area contributed by atoms with Crippen LogP contribution in [-0.4, -0.2) is 11.0 Å². The predicted molar refractivity (Wildman–Crippen MR) is 83.3 cm³/mol. The standard InChI is InChI=1S/C17H20N2S/c1-11-10-20-17(18-11)16(19-15-7-8-15)14-4-2-3-13(9-14)12-5-6-12/h2-4,9-10,12,15-16,19H,5-8H2,1H3. The molecule has 0 spiro atoms. The molecular formula is C17H20N2S. The summed E-state index contributed by atoms with van der Waals surface area (Å²) in [6.07, 6.45) is 5.34. The van der Waals surface area contributed by atoms with E-state index < -0.39 is 0 Å². The second-order valence-corrected chi connectivity index (χ2v) is 7.04. The van der Waals surface area contributed by atoms with Crippen LogP contribution in [0.3, 0.4) is 0 Å². The minimum Gasteiger partial charge on any atom is -0.301 e. The van der Waals surface area contributed by atoms with Gasteiger partial charge in [-0.2, -0.15) is 0 Å². The Morgan fingerprint density at radius 3 is 2.75 bits per heavy atom. The second kappa shape index (κ2) is 4.97.